The van der Waals surface area contributed by atoms with Crippen LogP contribution in [0.2, 0.25) is 0 Å². The van der Waals surface area contributed by atoms with Crippen LogP contribution in [0.1, 0.15) is 32.6 Å². The van der Waals surface area contributed by atoms with Gasteiger partial charge >= 0.3 is 0 Å². The van der Waals surface area contributed by atoms with Crippen molar-refractivity contribution in [1.29, 1.82) is 0 Å². The minimum Gasteiger partial charge on any atom is -0.229 e. The lowest BCUT2D eigenvalue weighted by Crippen LogP contribution is -1.88. The van der Waals surface area contributed by atoms with Crippen LogP contribution < -0.4 is 0 Å². The molecular weight excluding hydrogens is 308 g/mol. The third-order valence-corrected chi connectivity index (χ3v) is 5.62. The monoisotopic (exact) mass is 328 g/mol. The van der Waals surface area contributed by atoms with Gasteiger partial charge in [0.1, 0.15) is 16.2 Å². The number of aromatic nitrogens is 2. The van der Waals surface area contributed by atoms with Crippen LogP contribution in [0, 0.1) is 0 Å². The predicted molar refractivity (Wildman–Crippen MR) is 97.7 cm³/mol. The Bertz CT molecular complexity index is 722. The molecule has 3 rings (SSSR count). The van der Waals surface area contributed by atoms with Gasteiger partial charge in [0, 0.05) is 10.9 Å². The van der Waals surface area contributed by atoms with Crippen molar-refractivity contribution in [2.45, 2.75) is 37.6 Å². The molecule has 0 atom stereocenters. The third kappa shape index (κ3) is 3.50. The molecule has 0 aliphatic heterocycles. The summed E-state index contributed by atoms with van der Waals surface area (Å²) < 4.78 is 0. The average Bonchev–Trinajstić information content (AvgIpc) is 3.00. The molecule has 0 unspecified atom stereocenters. The largest absolute Gasteiger partial charge is 0.229 e. The number of thiophene rings is 1. The van der Waals surface area contributed by atoms with E-state index in [9.17, 15) is 0 Å². The van der Waals surface area contributed by atoms with Gasteiger partial charge in [0.15, 0.2) is 0 Å². The Balaban J connectivity index is 1.85. The molecule has 0 aliphatic carbocycles. The highest BCUT2D eigenvalue weighted by Crippen LogP contribution is 2.37. The molecule has 0 bridgehead atoms. The number of thioether (sulfide) groups is 1. The number of hydrogen-bond donors (Lipinski definition) is 0. The first-order chi connectivity index (χ1) is 10.9. The smallest absolute Gasteiger partial charge is 0.128 e. The molecule has 0 amide bonds. The summed E-state index contributed by atoms with van der Waals surface area (Å²) in [6.07, 6.45) is 6.88. The highest BCUT2D eigenvalue weighted by atomic mass is 32.2. The second-order valence-electron chi connectivity index (χ2n) is 5.28. The van der Waals surface area contributed by atoms with E-state index in [2.05, 4.69) is 52.6 Å². The van der Waals surface area contributed by atoms with E-state index in [0.29, 0.717) is 0 Å². The lowest BCUT2D eigenvalue weighted by molar-refractivity contribution is 0.706. The first-order valence-electron chi connectivity index (χ1n) is 7.80. The summed E-state index contributed by atoms with van der Waals surface area (Å²) >= 11 is 3.58. The van der Waals surface area contributed by atoms with Crippen LogP contribution in [0.25, 0.3) is 21.3 Å². The Labute approximate surface area is 140 Å². The minimum absolute atomic E-state index is 1.09. The van der Waals surface area contributed by atoms with Gasteiger partial charge in [0.25, 0.3) is 0 Å². The van der Waals surface area contributed by atoms with Gasteiger partial charge in [0.05, 0.1) is 5.39 Å². The first kappa shape index (κ1) is 15.5. The second-order valence-corrected chi connectivity index (χ2v) is 7.23. The fourth-order valence-electron chi connectivity index (χ4n) is 2.48. The summed E-state index contributed by atoms with van der Waals surface area (Å²) in [5.74, 6) is 1.14. The van der Waals surface area contributed by atoms with E-state index in [1.165, 1.54) is 42.2 Å². The van der Waals surface area contributed by atoms with Crippen LogP contribution >= 0.6 is 23.1 Å². The summed E-state index contributed by atoms with van der Waals surface area (Å²) in [4.78, 5) is 10.1. The SMILES string of the molecule is CCCCCCSc1ncnc2scc(-c3ccccc3)c12. The van der Waals surface area contributed by atoms with E-state index in [0.717, 1.165) is 15.6 Å². The topological polar surface area (TPSA) is 25.8 Å². The molecule has 0 aliphatic rings. The van der Waals surface area contributed by atoms with Crippen LogP contribution in [-0.2, 0) is 0 Å². The number of benzene rings is 1. The summed E-state index contributed by atoms with van der Waals surface area (Å²) in [5, 5.41) is 4.55. The molecule has 0 saturated heterocycles. The van der Waals surface area contributed by atoms with Gasteiger partial charge in [-0.2, -0.15) is 0 Å². The summed E-state index contributed by atoms with van der Waals surface area (Å²) in [6, 6.07) is 10.5. The maximum Gasteiger partial charge on any atom is 0.128 e. The van der Waals surface area contributed by atoms with Crippen LogP contribution in [0.15, 0.2) is 47.1 Å². The zero-order valence-electron chi connectivity index (χ0n) is 12.8. The van der Waals surface area contributed by atoms with Gasteiger partial charge in [-0.25, -0.2) is 9.97 Å². The lowest BCUT2D eigenvalue weighted by atomic mass is 10.1. The number of fused-ring (bicyclic) bond motifs is 1. The van der Waals surface area contributed by atoms with Gasteiger partial charge in [-0.15, -0.1) is 23.1 Å². The van der Waals surface area contributed by atoms with Crippen molar-refractivity contribution in [1.82, 2.24) is 9.97 Å². The van der Waals surface area contributed by atoms with E-state index in [-0.39, 0.29) is 0 Å². The molecule has 1 aromatic carbocycles. The Hall–Kier alpha value is -1.39. The molecule has 22 heavy (non-hydrogen) atoms. The Morgan fingerprint density at radius 3 is 2.73 bits per heavy atom. The Morgan fingerprint density at radius 1 is 1.05 bits per heavy atom. The van der Waals surface area contributed by atoms with E-state index in [1.807, 2.05) is 11.8 Å². The lowest BCUT2D eigenvalue weighted by Gasteiger charge is -2.05. The molecule has 4 heteroatoms. The molecule has 114 valence electrons. The maximum atomic E-state index is 4.54. The van der Waals surface area contributed by atoms with Crippen molar-refractivity contribution in [3.8, 4) is 11.1 Å². The van der Waals surface area contributed by atoms with Crippen LogP contribution in [0.4, 0.5) is 0 Å². The summed E-state index contributed by atoms with van der Waals surface area (Å²) in [6.45, 7) is 2.25. The number of hydrogen-bond acceptors (Lipinski definition) is 4. The summed E-state index contributed by atoms with van der Waals surface area (Å²) in [7, 11) is 0. The number of nitrogens with zero attached hydrogens (tertiary/aromatic N) is 2. The number of unbranched alkanes of at least 4 members (excludes halogenated alkanes) is 3. The van der Waals surface area contributed by atoms with Crippen LogP contribution in [0.5, 0.6) is 0 Å². The zero-order valence-corrected chi connectivity index (χ0v) is 14.4. The Morgan fingerprint density at radius 2 is 1.91 bits per heavy atom. The highest BCUT2D eigenvalue weighted by Gasteiger charge is 2.13. The first-order valence-corrected chi connectivity index (χ1v) is 9.67. The quantitative estimate of drug-likeness (QED) is 0.301. The molecule has 0 fully saturated rings. The predicted octanol–water partition coefficient (Wildman–Crippen LogP) is 6.03. The average molecular weight is 329 g/mol. The maximum absolute atomic E-state index is 4.54. The van der Waals surface area contributed by atoms with E-state index in [1.54, 1.807) is 17.7 Å². The van der Waals surface area contributed by atoms with Crippen molar-refractivity contribution in [3.63, 3.8) is 0 Å². The minimum atomic E-state index is 1.09. The normalized spacial score (nSPS) is 11.1. The van der Waals surface area contributed by atoms with Crippen molar-refractivity contribution in [3.05, 3.63) is 42.0 Å². The van der Waals surface area contributed by atoms with Gasteiger partial charge < -0.3 is 0 Å². The van der Waals surface area contributed by atoms with E-state index < -0.39 is 0 Å². The second kappa shape index (κ2) is 7.75. The van der Waals surface area contributed by atoms with Crippen molar-refractivity contribution < 1.29 is 0 Å². The standard InChI is InChI=1S/C18H20N2S2/c1-2-3-4-8-11-21-17-16-15(14-9-6-5-7-10-14)12-22-18(16)20-13-19-17/h5-7,9-10,12-13H,2-4,8,11H2,1H3. The molecule has 0 saturated carbocycles. The molecule has 2 aromatic heterocycles. The van der Waals surface area contributed by atoms with Gasteiger partial charge in [0.2, 0.25) is 0 Å². The molecule has 2 heterocycles. The molecule has 0 N–H and O–H groups in total. The number of rotatable bonds is 7. The molecule has 3 aromatic rings. The van der Waals surface area contributed by atoms with E-state index >= 15 is 0 Å². The van der Waals surface area contributed by atoms with Crippen molar-refractivity contribution in [2.24, 2.45) is 0 Å². The molecule has 2 nitrogen and oxygen atoms in total. The van der Waals surface area contributed by atoms with Crippen LogP contribution in [0.3, 0.4) is 0 Å². The van der Waals surface area contributed by atoms with Gasteiger partial charge in [-0.1, -0.05) is 56.5 Å². The van der Waals surface area contributed by atoms with Gasteiger partial charge in [-0.3, -0.25) is 0 Å². The summed E-state index contributed by atoms with van der Waals surface area (Å²) in [5.41, 5.74) is 2.51. The zero-order chi connectivity index (χ0) is 15.2. The van der Waals surface area contributed by atoms with E-state index in [4.69, 9.17) is 0 Å². The van der Waals surface area contributed by atoms with Crippen molar-refractivity contribution >= 4 is 33.3 Å². The Kier molecular flexibility index (Phi) is 5.46. The highest BCUT2D eigenvalue weighted by molar-refractivity contribution is 7.99. The van der Waals surface area contributed by atoms with Crippen LogP contribution in [-0.4, -0.2) is 15.7 Å². The molecular formula is C18H20N2S2. The van der Waals surface area contributed by atoms with Gasteiger partial charge in [-0.05, 0) is 17.7 Å². The fourth-order valence-corrected chi connectivity index (χ4v) is 4.48. The molecule has 0 radical (unpaired) electrons. The fraction of sp³-hybridized carbons (Fsp3) is 0.333. The third-order valence-electron chi connectivity index (χ3n) is 3.66. The van der Waals surface area contributed by atoms with Crippen molar-refractivity contribution in [2.75, 3.05) is 5.75 Å². The molecule has 0 spiro atoms.